The van der Waals surface area contributed by atoms with Crippen LogP contribution in [0.25, 0.3) is 0 Å². The molecule has 1 aliphatic carbocycles. The number of carbonyl (C=O) groups is 1. The van der Waals surface area contributed by atoms with E-state index in [1.54, 1.807) is 24.3 Å². The summed E-state index contributed by atoms with van der Waals surface area (Å²) in [5.41, 5.74) is 8.45. The maximum absolute atomic E-state index is 10.4. The van der Waals surface area contributed by atoms with Gasteiger partial charge in [0, 0.05) is 6.99 Å². The van der Waals surface area contributed by atoms with Gasteiger partial charge in [-0.3, -0.25) is 4.79 Å². The average Bonchev–Trinajstić information content (AvgIpc) is 2.80. The van der Waals surface area contributed by atoms with Gasteiger partial charge in [0.1, 0.15) is 0 Å². The van der Waals surface area contributed by atoms with E-state index in [4.69, 9.17) is 5.73 Å². The topological polar surface area (TPSA) is 86.6 Å². The van der Waals surface area contributed by atoms with Gasteiger partial charge in [-0.25, -0.2) is 0 Å². The largest absolute Gasteiger partial charge is 0.412 e. The molecule has 5 N–H and O–H groups in total. The molecule has 0 heterocycles. The van der Waals surface area contributed by atoms with Gasteiger partial charge in [0.2, 0.25) is 5.91 Å². The van der Waals surface area contributed by atoms with Crippen LogP contribution in [0.2, 0.25) is 0 Å². The van der Waals surface area contributed by atoms with E-state index in [9.17, 15) is 4.79 Å². The van der Waals surface area contributed by atoms with Crippen molar-refractivity contribution in [2.24, 2.45) is 17.6 Å². The van der Waals surface area contributed by atoms with E-state index in [0.717, 1.165) is 24.8 Å². The first kappa shape index (κ1) is 27.6. The molecular weight excluding hydrogens is 396 g/mol. The third kappa shape index (κ3) is 10.7. The Bertz CT molecular complexity index is 776. The van der Waals surface area contributed by atoms with Crippen LogP contribution in [0.4, 0.5) is 0 Å². The molecule has 3 rings (SSSR count). The van der Waals surface area contributed by atoms with Crippen LogP contribution in [0.15, 0.2) is 67.3 Å². The normalized spacial score (nSPS) is 14.4. The lowest BCUT2D eigenvalue weighted by molar-refractivity contribution is 0.100. The van der Waals surface area contributed by atoms with E-state index >= 15 is 0 Å². The number of aryl methyl sites for hydroxylation is 1. The monoisotopic (exact) mass is 440 g/mol. The van der Waals surface area contributed by atoms with Crippen molar-refractivity contribution in [1.82, 2.24) is 5.32 Å². The number of nitrogens with two attached hydrogens (primary N) is 1. The lowest BCUT2D eigenvalue weighted by Crippen LogP contribution is -2.26. The van der Waals surface area contributed by atoms with Crippen molar-refractivity contribution < 1.29 is 11.7 Å². The smallest absolute Gasteiger partial charge is 0.248 e. The number of primary amides is 1. The molecule has 32 heavy (non-hydrogen) atoms. The summed E-state index contributed by atoms with van der Waals surface area (Å²) in [5.74, 6) is 1.27. The van der Waals surface area contributed by atoms with Crippen molar-refractivity contribution in [3.8, 4) is 0 Å². The second-order valence-corrected chi connectivity index (χ2v) is 8.75. The highest BCUT2D eigenvalue weighted by molar-refractivity contribution is 5.92. The van der Waals surface area contributed by atoms with Gasteiger partial charge in [0.05, 0.1) is 0 Å². The van der Waals surface area contributed by atoms with E-state index in [0.29, 0.717) is 5.56 Å². The highest BCUT2D eigenvalue weighted by Crippen LogP contribution is 2.23. The van der Waals surface area contributed by atoms with E-state index in [-0.39, 0.29) is 12.8 Å². The zero-order valence-electron chi connectivity index (χ0n) is 19.7. The predicted octanol–water partition coefficient (Wildman–Crippen LogP) is 5.50. The highest BCUT2D eigenvalue weighted by Gasteiger charge is 2.13. The summed E-state index contributed by atoms with van der Waals surface area (Å²) in [6.45, 7) is 8.55. The molecule has 178 valence electrons. The van der Waals surface area contributed by atoms with Gasteiger partial charge in [0.25, 0.3) is 0 Å². The number of hydrogen-bond acceptors (Lipinski definition) is 2. The fourth-order valence-electron chi connectivity index (χ4n) is 4.30. The van der Waals surface area contributed by atoms with Gasteiger partial charge in [-0.1, -0.05) is 67.8 Å². The Morgan fingerprint density at radius 1 is 1.12 bits per heavy atom. The van der Waals surface area contributed by atoms with Crippen LogP contribution in [0, 0.1) is 18.8 Å². The molecule has 0 bridgehead atoms. The Balaban J connectivity index is 0.000000789. The first-order chi connectivity index (χ1) is 15.1. The van der Waals surface area contributed by atoms with E-state index in [2.05, 4.69) is 49.2 Å². The molecule has 0 unspecified atom stereocenters. The third-order valence-electron chi connectivity index (χ3n) is 6.22. The van der Waals surface area contributed by atoms with Crippen LogP contribution in [-0.2, 0) is 6.42 Å². The SMILES string of the molecule is C=CC[C@@H](CCNCC1CCCCC1)Cc1ccccc1C.NC(=O)c1ccccc1.O.[HH]. The molecule has 0 spiro atoms. The summed E-state index contributed by atoms with van der Waals surface area (Å²) in [4.78, 5) is 10.4. The zero-order valence-corrected chi connectivity index (χ0v) is 19.7. The summed E-state index contributed by atoms with van der Waals surface area (Å²) in [6.07, 6.45) is 12.9. The van der Waals surface area contributed by atoms with E-state index < -0.39 is 0 Å². The molecule has 2 aromatic carbocycles. The Morgan fingerprint density at radius 2 is 1.78 bits per heavy atom. The van der Waals surface area contributed by atoms with Crippen LogP contribution in [0.3, 0.4) is 0 Å². The summed E-state index contributed by atoms with van der Waals surface area (Å²) >= 11 is 0. The number of carbonyl (C=O) groups excluding carboxylic acids is 1. The zero-order chi connectivity index (χ0) is 22.3. The fourth-order valence-corrected chi connectivity index (χ4v) is 4.30. The van der Waals surface area contributed by atoms with Crippen LogP contribution < -0.4 is 11.1 Å². The predicted molar refractivity (Wildman–Crippen MR) is 138 cm³/mol. The molecule has 0 aromatic heterocycles. The standard InChI is InChI=1S/C21H33N.C7H7NO.H2O.H2/c1-3-9-19(16-21-13-8-7-10-18(21)2)14-15-22-17-20-11-5-4-6-12-20;8-7(9)6-4-2-1-3-5-6;;/h3,7-8,10,13,19-20,22H,1,4-6,9,11-12,14-17H2,2H3;1-5H,(H2,8,9);1H2;1H/t19-;;;/m0.../s1. The van der Waals surface area contributed by atoms with E-state index in [1.807, 2.05) is 6.07 Å². The van der Waals surface area contributed by atoms with Crippen molar-refractivity contribution in [2.75, 3.05) is 13.1 Å². The summed E-state index contributed by atoms with van der Waals surface area (Å²) in [7, 11) is 0. The van der Waals surface area contributed by atoms with Crippen LogP contribution in [0.5, 0.6) is 0 Å². The third-order valence-corrected chi connectivity index (χ3v) is 6.22. The van der Waals surface area contributed by atoms with Crippen molar-refractivity contribution in [1.29, 1.82) is 0 Å². The quantitative estimate of drug-likeness (QED) is 0.378. The van der Waals surface area contributed by atoms with Crippen LogP contribution >= 0.6 is 0 Å². The number of benzene rings is 2. The maximum Gasteiger partial charge on any atom is 0.248 e. The summed E-state index contributed by atoms with van der Waals surface area (Å²) < 4.78 is 0. The average molecular weight is 441 g/mol. The van der Waals surface area contributed by atoms with Gasteiger partial charge in [-0.2, -0.15) is 0 Å². The van der Waals surface area contributed by atoms with Gasteiger partial charge >= 0.3 is 0 Å². The summed E-state index contributed by atoms with van der Waals surface area (Å²) in [5, 5.41) is 3.71. The molecule has 4 nitrogen and oxygen atoms in total. The number of nitrogens with one attached hydrogen (secondary N) is 1. The molecule has 4 heteroatoms. The second-order valence-electron chi connectivity index (χ2n) is 8.75. The lowest BCUT2D eigenvalue weighted by Gasteiger charge is -2.22. The van der Waals surface area contributed by atoms with E-state index in [1.165, 1.54) is 62.6 Å². The number of rotatable bonds is 10. The molecule has 0 saturated heterocycles. The van der Waals surface area contributed by atoms with Gasteiger partial charge in [-0.05, 0) is 87.2 Å². The maximum atomic E-state index is 10.4. The van der Waals surface area contributed by atoms with Gasteiger partial charge in [0.15, 0.2) is 0 Å². The molecule has 1 atom stereocenters. The van der Waals surface area contributed by atoms with Crippen molar-refractivity contribution >= 4 is 5.91 Å². The fraction of sp³-hybridized carbons (Fsp3) is 0.464. The van der Waals surface area contributed by atoms with Crippen molar-refractivity contribution in [2.45, 2.75) is 58.3 Å². The minimum Gasteiger partial charge on any atom is -0.412 e. The van der Waals surface area contributed by atoms with Gasteiger partial charge < -0.3 is 16.5 Å². The number of allylic oxidation sites excluding steroid dienone is 1. The lowest BCUT2D eigenvalue weighted by atomic mass is 9.89. The molecule has 1 amide bonds. The molecule has 1 fully saturated rings. The molecule has 1 aliphatic rings. The Morgan fingerprint density at radius 3 is 2.38 bits per heavy atom. The minimum atomic E-state index is -0.379. The molecular formula is C28H44N2O2. The van der Waals surface area contributed by atoms with Crippen LogP contribution in [0.1, 0.15) is 67.9 Å². The molecule has 1 saturated carbocycles. The minimum absolute atomic E-state index is 0. The first-order valence-electron chi connectivity index (χ1n) is 11.8. The first-order valence-corrected chi connectivity index (χ1v) is 11.8. The molecule has 2 aromatic rings. The number of hydrogen-bond donors (Lipinski definition) is 2. The molecule has 0 radical (unpaired) electrons. The Labute approximate surface area is 196 Å². The summed E-state index contributed by atoms with van der Waals surface area (Å²) in [6, 6.07) is 17.6. The van der Waals surface area contributed by atoms with Crippen molar-refractivity contribution in [3.05, 3.63) is 83.9 Å². The molecule has 0 aliphatic heterocycles. The van der Waals surface area contributed by atoms with Crippen LogP contribution in [-0.4, -0.2) is 24.5 Å². The second kappa shape index (κ2) is 16.2. The number of amides is 1. The highest BCUT2D eigenvalue weighted by atomic mass is 16.1. The van der Waals surface area contributed by atoms with Crippen molar-refractivity contribution in [3.63, 3.8) is 0 Å². The Hall–Kier alpha value is -2.43. The van der Waals surface area contributed by atoms with Gasteiger partial charge in [-0.15, -0.1) is 6.58 Å². The Kier molecular flexibility index (Phi) is 14.0.